The summed E-state index contributed by atoms with van der Waals surface area (Å²) in [4.78, 5) is 28.8. The Morgan fingerprint density at radius 2 is 1.63 bits per heavy atom. The van der Waals surface area contributed by atoms with E-state index in [0.29, 0.717) is 44.0 Å². The van der Waals surface area contributed by atoms with E-state index in [9.17, 15) is 14.7 Å². The van der Waals surface area contributed by atoms with E-state index in [-0.39, 0.29) is 30.0 Å². The number of halogens is 1. The molecule has 2 aromatic rings. The summed E-state index contributed by atoms with van der Waals surface area (Å²) in [5, 5.41) is 19.8. The van der Waals surface area contributed by atoms with Crippen LogP contribution in [0.1, 0.15) is 32.1 Å². The number of fused-ring (bicyclic) bond motifs is 1. The lowest BCUT2D eigenvalue weighted by molar-refractivity contribution is 0.0531. The fraction of sp³-hybridized carbons (Fsp3) is 0.389. The molecule has 2 amide bonds. The monoisotopic (exact) mass is 391 g/mol. The number of carbonyl (C=O) groups is 2. The number of piperazine rings is 1. The molecule has 1 aromatic heterocycles. The van der Waals surface area contributed by atoms with E-state index in [1.807, 2.05) is 0 Å². The van der Waals surface area contributed by atoms with Crippen molar-refractivity contribution in [3.8, 4) is 5.75 Å². The third kappa shape index (κ3) is 3.77. The fourth-order valence-electron chi connectivity index (χ4n) is 3.45. The highest BCUT2D eigenvalue weighted by Crippen LogP contribution is 2.19. The zero-order valence-corrected chi connectivity index (χ0v) is 15.6. The van der Waals surface area contributed by atoms with Crippen molar-refractivity contribution in [1.29, 1.82) is 0 Å². The van der Waals surface area contributed by atoms with Crippen LogP contribution in [0.15, 0.2) is 24.3 Å². The van der Waals surface area contributed by atoms with E-state index in [0.717, 1.165) is 24.2 Å². The summed E-state index contributed by atoms with van der Waals surface area (Å²) in [6.07, 6.45) is 0.852. The Balaban J connectivity index is 0.00000210. The Kier molecular flexibility index (Phi) is 5.67. The van der Waals surface area contributed by atoms with E-state index in [1.54, 1.807) is 21.9 Å². The molecule has 0 unspecified atom stereocenters. The summed E-state index contributed by atoms with van der Waals surface area (Å²) in [5.41, 5.74) is 3.03. The molecule has 0 radical (unpaired) electrons. The van der Waals surface area contributed by atoms with Gasteiger partial charge in [-0.15, -0.1) is 12.4 Å². The van der Waals surface area contributed by atoms with Gasteiger partial charge in [-0.05, 0) is 24.3 Å². The predicted molar refractivity (Wildman–Crippen MR) is 101 cm³/mol. The Morgan fingerprint density at radius 1 is 1.00 bits per heavy atom. The number of nitrogens with one attached hydrogen (secondary N) is 2. The highest BCUT2D eigenvalue weighted by Gasteiger charge is 2.29. The first kappa shape index (κ1) is 19.2. The number of aromatic amines is 1. The summed E-state index contributed by atoms with van der Waals surface area (Å²) in [5.74, 6) is -0.0322. The van der Waals surface area contributed by atoms with Crippen LogP contribution in [0.3, 0.4) is 0 Å². The van der Waals surface area contributed by atoms with E-state index < -0.39 is 0 Å². The van der Waals surface area contributed by atoms with Crippen molar-refractivity contribution in [2.75, 3.05) is 32.7 Å². The van der Waals surface area contributed by atoms with Crippen molar-refractivity contribution in [3.63, 3.8) is 0 Å². The van der Waals surface area contributed by atoms with E-state index in [2.05, 4.69) is 15.5 Å². The average Bonchev–Trinajstić information content (AvgIpc) is 3.12. The van der Waals surface area contributed by atoms with Gasteiger partial charge in [0.1, 0.15) is 5.75 Å². The molecule has 4 rings (SSSR count). The zero-order valence-electron chi connectivity index (χ0n) is 14.8. The van der Waals surface area contributed by atoms with Gasteiger partial charge < -0.3 is 20.2 Å². The molecule has 0 bridgehead atoms. The number of hydrogen-bond acceptors (Lipinski definition) is 5. The van der Waals surface area contributed by atoms with Crippen LogP contribution < -0.4 is 5.32 Å². The van der Waals surface area contributed by atoms with Crippen LogP contribution in [0.2, 0.25) is 0 Å². The largest absolute Gasteiger partial charge is 0.508 e. The third-order valence-electron chi connectivity index (χ3n) is 4.98. The molecule has 3 N–H and O–H groups in total. The van der Waals surface area contributed by atoms with Gasteiger partial charge in [-0.1, -0.05) is 0 Å². The topological polar surface area (TPSA) is 102 Å². The van der Waals surface area contributed by atoms with Gasteiger partial charge in [0.2, 0.25) is 0 Å². The number of aromatic hydroxyl groups is 1. The third-order valence-corrected chi connectivity index (χ3v) is 4.98. The number of phenolic OH excluding ortho intramolecular Hbond substituents is 1. The lowest BCUT2D eigenvalue weighted by atomic mass is 10.1. The second-order valence-electron chi connectivity index (χ2n) is 6.59. The average molecular weight is 392 g/mol. The van der Waals surface area contributed by atoms with Crippen molar-refractivity contribution < 1.29 is 14.7 Å². The summed E-state index contributed by atoms with van der Waals surface area (Å²) >= 11 is 0. The first-order chi connectivity index (χ1) is 12.6. The maximum absolute atomic E-state index is 12.8. The quantitative estimate of drug-likeness (QED) is 0.702. The summed E-state index contributed by atoms with van der Waals surface area (Å²) < 4.78 is 0. The van der Waals surface area contributed by atoms with Crippen molar-refractivity contribution >= 4 is 24.2 Å². The molecular formula is C18H22ClN5O3. The Morgan fingerprint density at radius 3 is 2.30 bits per heavy atom. The van der Waals surface area contributed by atoms with E-state index in [4.69, 9.17) is 0 Å². The number of benzene rings is 1. The lowest BCUT2D eigenvalue weighted by Crippen LogP contribution is -2.50. The molecule has 0 atom stereocenters. The van der Waals surface area contributed by atoms with Crippen LogP contribution in [0.25, 0.3) is 0 Å². The molecule has 0 saturated carbocycles. The van der Waals surface area contributed by atoms with Crippen LogP contribution in [-0.2, 0) is 13.0 Å². The smallest absolute Gasteiger partial charge is 0.274 e. The van der Waals surface area contributed by atoms with Gasteiger partial charge >= 0.3 is 0 Å². The van der Waals surface area contributed by atoms with Crippen LogP contribution >= 0.6 is 12.4 Å². The number of rotatable bonds is 2. The van der Waals surface area contributed by atoms with Crippen molar-refractivity contribution in [2.24, 2.45) is 0 Å². The minimum Gasteiger partial charge on any atom is -0.508 e. The zero-order chi connectivity index (χ0) is 18.1. The van der Waals surface area contributed by atoms with E-state index in [1.165, 1.54) is 12.1 Å². The van der Waals surface area contributed by atoms with Gasteiger partial charge in [-0.3, -0.25) is 14.7 Å². The van der Waals surface area contributed by atoms with Crippen molar-refractivity contribution in [3.05, 3.63) is 46.8 Å². The second kappa shape index (κ2) is 7.98. The number of carbonyl (C=O) groups excluding carboxylic acids is 2. The number of nitrogens with zero attached hydrogens (tertiary/aromatic N) is 3. The first-order valence-electron chi connectivity index (χ1n) is 8.78. The number of H-pyrrole nitrogens is 1. The van der Waals surface area contributed by atoms with Crippen molar-refractivity contribution in [1.82, 2.24) is 25.3 Å². The molecule has 27 heavy (non-hydrogen) atoms. The van der Waals surface area contributed by atoms with Gasteiger partial charge in [0.15, 0.2) is 5.69 Å². The number of aromatic nitrogens is 2. The van der Waals surface area contributed by atoms with Crippen LogP contribution in [0, 0.1) is 0 Å². The number of hydrogen-bond donors (Lipinski definition) is 3. The Bertz CT molecular complexity index is 828. The molecular weight excluding hydrogens is 370 g/mol. The molecule has 1 aromatic carbocycles. The molecule has 1 fully saturated rings. The maximum Gasteiger partial charge on any atom is 0.274 e. The molecule has 2 aliphatic rings. The van der Waals surface area contributed by atoms with Crippen LogP contribution in [0.4, 0.5) is 0 Å². The molecule has 3 heterocycles. The molecule has 1 saturated heterocycles. The van der Waals surface area contributed by atoms with Gasteiger partial charge in [0.25, 0.3) is 11.8 Å². The van der Waals surface area contributed by atoms with Crippen LogP contribution in [-0.4, -0.2) is 69.6 Å². The molecule has 144 valence electrons. The Labute approximate surface area is 162 Å². The fourth-order valence-corrected chi connectivity index (χ4v) is 3.45. The van der Waals surface area contributed by atoms with Crippen molar-refractivity contribution in [2.45, 2.75) is 13.0 Å². The normalized spacial score (nSPS) is 16.4. The highest BCUT2D eigenvalue weighted by molar-refractivity contribution is 5.96. The molecule has 0 aliphatic carbocycles. The minimum absolute atomic E-state index is 0. The standard InChI is InChI=1S/C18H21N5O3.ClH/c24-13-3-1-12(2-4-13)17(25)22-7-9-23(10-8-22)18(26)16-14-11-19-6-5-15(14)20-21-16;/h1-4,19,24H,5-11H2,(H,20,21);1H. The van der Waals surface area contributed by atoms with Gasteiger partial charge in [0, 0.05) is 62.5 Å². The second-order valence-corrected chi connectivity index (χ2v) is 6.59. The van der Waals surface area contributed by atoms with Gasteiger partial charge in [-0.2, -0.15) is 5.10 Å². The lowest BCUT2D eigenvalue weighted by Gasteiger charge is -2.34. The predicted octanol–water partition coefficient (Wildman–Crippen LogP) is 0.781. The highest BCUT2D eigenvalue weighted by atomic mass is 35.5. The number of phenols is 1. The summed E-state index contributed by atoms with van der Waals surface area (Å²) in [7, 11) is 0. The van der Waals surface area contributed by atoms with Gasteiger partial charge in [-0.25, -0.2) is 0 Å². The molecule has 9 heteroatoms. The first-order valence-corrected chi connectivity index (χ1v) is 8.78. The molecule has 0 spiro atoms. The SMILES string of the molecule is Cl.O=C(c1ccc(O)cc1)N1CCN(C(=O)c2n[nH]c3c2CNCC3)CC1. The summed E-state index contributed by atoms with van der Waals surface area (Å²) in [6.45, 7) is 3.48. The Hall–Kier alpha value is -2.58. The maximum atomic E-state index is 12.8. The summed E-state index contributed by atoms with van der Waals surface area (Å²) in [6, 6.07) is 6.22. The molecule has 8 nitrogen and oxygen atoms in total. The molecule has 2 aliphatic heterocycles. The van der Waals surface area contributed by atoms with Crippen LogP contribution in [0.5, 0.6) is 5.75 Å². The minimum atomic E-state index is -0.0848. The van der Waals surface area contributed by atoms with E-state index >= 15 is 0 Å². The van der Waals surface area contributed by atoms with Gasteiger partial charge in [0.05, 0.1) is 0 Å². The number of amides is 2.